The highest BCUT2D eigenvalue weighted by Gasteiger charge is 2.40. The molecule has 2 aliphatic heterocycles. The smallest absolute Gasteiger partial charge is 0.213 e. The first-order valence-electron chi connectivity index (χ1n) is 10.7. The van der Waals surface area contributed by atoms with Gasteiger partial charge in [0.2, 0.25) is 6.23 Å². The summed E-state index contributed by atoms with van der Waals surface area (Å²) in [5.41, 5.74) is 7.03. The number of ether oxygens (including phenoxy) is 1. The number of fused-ring (bicyclic) bond motifs is 3. The predicted octanol–water partition coefficient (Wildman–Crippen LogP) is 6.60. The second kappa shape index (κ2) is 7.44. The van der Waals surface area contributed by atoms with Gasteiger partial charge in [-0.05, 0) is 22.8 Å². The van der Waals surface area contributed by atoms with Crippen molar-refractivity contribution in [2.75, 3.05) is 0 Å². The molecule has 0 aromatic heterocycles. The van der Waals surface area contributed by atoms with Crippen LogP contribution in [-0.4, -0.2) is 10.7 Å². The van der Waals surface area contributed by atoms with Crippen molar-refractivity contribution in [3.8, 4) is 16.9 Å². The van der Waals surface area contributed by atoms with Gasteiger partial charge in [-0.1, -0.05) is 103 Å². The van der Waals surface area contributed by atoms with E-state index < -0.39 is 0 Å². The first-order valence-corrected chi connectivity index (χ1v) is 10.7. The number of hydrogen-bond acceptors (Lipinski definition) is 3. The lowest BCUT2D eigenvalue weighted by Gasteiger charge is -2.38. The molecule has 0 aliphatic carbocycles. The minimum atomic E-state index is -0.220. The molecule has 2 atom stereocenters. The second-order valence-corrected chi connectivity index (χ2v) is 8.01. The number of hydrogen-bond donors (Lipinski definition) is 0. The third-order valence-electron chi connectivity index (χ3n) is 6.11. The summed E-state index contributed by atoms with van der Waals surface area (Å²) in [6.07, 6.45) is 0.649. The molecular weight excluding hydrogens is 380 g/mol. The van der Waals surface area contributed by atoms with Crippen LogP contribution in [0.3, 0.4) is 0 Å². The van der Waals surface area contributed by atoms with Crippen LogP contribution in [0.2, 0.25) is 0 Å². The van der Waals surface area contributed by atoms with E-state index in [4.69, 9.17) is 9.84 Å². The van der Waals surface area contributed by atoms with Gasteiger partial charge in [0.1, 0.15) is 5.75 Å². The van der Waals surface area contributed by atoms with E-state index >= 15 is 0 Å². The van der Waals surface area contributed by atoms with Crippen LogP contribution in [0.4, 0.5) is 0 Å². The zero-order valence-corrected chi connectivity index (χ0v) is 17.1. The van der Waals surface area contributed by atoms with Crippen molar-refractivity contribution in [1.82, 2.24) is 5.01 Å². The van der Waals surface area contributed by atoms with Crippen molar-refractivity contribution in [1.29, 1.82) is 0 Å². The number of hydrazone groups is 1. The third-order valence-corrected chi connectivity index (χ3v) is 6.11. The lowest BCUT2D eigenvalue weighted by Crippen LogP contribution is -2.33. The Balaban J connectivity index is 1.37. The summed E-state index contributed by atoms with van der Waals surface area (Å²) in [4.78, 5) is 0. The molecule has 0 bridgehead atoms. The van der Waals surface area contributed by atoms with Crippen molar-refractivity contribution in [2.24, 2.45) is 5.10 Å². The third kappa shape index (κ3) is 3.19. The topological polar surface area (TPSA) is 24.8 Å². The quantitative estimate of drug-likeness (QED) is 0.386. The van der Waals surface area contributed by atoms with E-state index in [1.807, 2.05) is 18.2 Å². The fourth-order valence-electron chi connectivity index (χ4n) is 4.53. The lowest BCUT2D eigenvalue weighted by atomic mass is 9.95. The predicted molar refractivity (Wildman–Crippen MR) is 124 cm³/mol. The largest absolute Gasteiger partial charge is 0.464 e. The summed E-state index contributed by atoms with van der Waals surface area (Å²) in [7, 11) is 0. The summed E-state index contributed by atoms with van der Waals surface area (Å²) in [6.45, 7) is 0. The Kier molecular flexibility index (Phi) is 4.31. The molecule has 0 spiro atoms. The van der Waals surface area contributed by atoms with Crippen LogP contribution in [-0.2, 0) is 0 Å². The molecule has 3 nitrogen and oxygen atoms in total. The molecule has 3 heteroatoms. The highest BCUT2D eigenvalue weighted by atomic mass is 16.5. The summed E-state index contributed by atoms with van der Waals surface area (Å²) in [5, 5.41) is 7.20. The molecule has 2 aliphatic rings. The molecule has 6 rings (SSSR count). The molecule has 4 aromatic rings. The average molecular weight is 402 g/mol. The van der Waals surface area contributed by atoms with E-state index in [0.29, 0.717) is 0 Å². The maximum Gasteiger partial charge on any atom is 0.213 e. The number of nitrogens with zero attached hydrogens (tertiary/aromatic N) is 2. The van der Waals surface area contributed by atoms with E-state index in [2.05, 4.69) is 96.0 Å². The van der Waals surface area contributed by atoms with Gasteiger partial charge in [0.25, 0.3) is 0 Å². The Hall–Kier alpha value is -3.85. The van der Waals surface area contributed by atoms with Gasteiger partial charge in [0.05, 0.1) is 11.8 Å². The van der Waals surface area contributed by atoms with E-state index in [1.165, 1.54) is 22.3 Å². The molecular formula is C28H22N2O. The fraction of sp³-hybridized carbons (Fsp3) is 0.107. The van der Waals surface area contributed by atoms with Crippen LogP contribution in [0, 0.1) is 0 Å². The van der Waals surface area contributed by atoms with Crippen molar-refractivity contribution >= 4 is 5.71 Å². The van der Waals surface area contributed by atoms with Gasteiger partial charge >= 0.3 is 0 Å². The van der Waals surface area contributed by atoms with Crippen LogP contribution >= 0.6 is 0 Å². The summed E-state index contributed by atoms with van der Waals surface area (Å²) in [6, 6.07) is 38.1. The van der Waals surface area contributed by atoms with Gasteiger partial charge in [-0.2, -0.15) is 5.10 Å². The molecule has 31 heavy (non-hydrogen) atoms. The Morgan fingerprint density at radius 1 is 0.645 bits per heavy atom. The molecule has 0 saturated carbocycles. The summed E-state index contributed by atoms with van der Waals surface area (Å²) in [5.74, 6) is 0.952. The number of para-hydroxylation sites is 1. The SMILES string of the molecule is c1ccc(-c2ccc(C3=NN4[C@@H](c5ccccc5)Oc5ccccc5[C@@H]4C3)cc2)cc1. The Morgan fingerprint density at radius 3 is 2.03 bits per heavy atom. The standard InChI is InChI=1S/C28H22N2O/c1-3-9-20(10-4-1)21-15-17-22(18-16-21)25-19-26-24-13-7-8-14-27(24)31-28(30(26)29-25)23-11-5-2-6-12-23/h1-18,26,28H,19H2/t26-,28+/m0/s1. The maximum absolute atomic E-state index is 6.41. The van der Waals surface area contributed by atoms with Gasteiger partial charge in [0, 0.05) is 17.5 Å². The Bertz CT molecular complexity index is 1230. The van der Waals surface area contributed by atoms with Gasteiger partial charge < -0.3 is 4.74 Å². The molecule has 0 unspecified atom stereocenters. The van der Waals surface area contributed by atoms with Crippen LogP contribution in [0.15, 0.2) is 114 Å². The van der Waals surface area contributed by atoms with Crippen LogP contribution < -0.4 is 4.74 Å². The van der Waals surface area contributed by atoms with Crippen molar-refractivity contribution in [3.63, 3.8) is 0 Å². The fourth-order valence-corrected chi connectivity index (χ4v) is 4.53. The van der Waals surface area contributed by atoms with E-state index in [0.717, 1.165) is 23.4 Å². The summed E-state index contributed by atoms with van der Waals surface area (Å²) < 4.78 is 6.41. The van der Waals surface area contributed by atoms with Crippen molar-refractivity contribution in [2.45, 2.75) is 18.7 Å². The molecule has 4 aromatic carbocycles. The van der Waals surface area contributed by atoms with Crippen molar-refractivity contribution in [3.05, 3.63) is 126 Å². The summed E-state index contributed by atoms with van der Waals surface area (Å²) >= 11 is 0. The number of rotatable bonds is 3. The normalized spacial score (nSPS) is 19.2. The number of benzene rings is 4. The zero-order valence-electron chi connectivity index (χ0n) is 17.1. The lowest BCUT2D eigenvalue weighted by molar-refractivity contribution is -0.0190. The van der Waals surface area contributed by atoms with Crippen LogP contribution in [0.1, 0.15) is 35.4 Å². The first-order chi connectivity index (χ1) is 15.4. The first kappa shape index (κ1) is 18.0. The molecule has 150 valence electrons. The molecule has 0 fully saturated rings. The van der Waals surface area contributed by atoms with Gasteiger partial charge in [-0.3, -0.25) is 0 Å². The van der Waals surface area contributed by atoms with Gasteiger partial charge in [-0.25, -0.2) is 5.01 Å². The Morgan fingerprint density at radius 2 is 1.26 bits per heavy atom. The second-order valence-electron chi connectivity index (χ2n) is 8.01. The molecule has 0 amide bonds. The minimum Gasteiger partial charge on any atom is -0.464 e. The Labute approximate surface area is 182 Å². The van der Waals surface area contributed by atoms with Gasteiger partial charge in [-0.15, -0.1) is 0 Å². The minimum absolute atomic E-state index is 0.180. The van der Waals surface area contributed by atoms with E-state index in [9.17, 15) is 0 Å². The maximum atomic E-state index is 6.41. The molecule has 0 N–H and O–H groups in total. The molecule has 0 radical (unpaired) electrons. The monoisotopic (exact) mass is 402 g/mol. The highest BCUT2D eigenvalue weighted by molar-refractivity contribution is 6.02. The highest BCUT2D eigenvalue weighted by Crippen LogP contribution is 2.47. The zero-order chi connectivity index (χ0) is 20.6. The van der Waals surface area contributed by atoms with Crippen molar-refractivity contribution < 1.29 is 4.74 Å². The van der Waals surface area contributed by atoms with Crippen LogP contribution in [0.5, 0.6) is 5.75 Å². The molecule has 2 heterocycles. The van der Waals surface area contributed by atoms with E-state index in [-0.39, 0.29) is 12.3 Å². The van der Waals surface area contributed by atoms with E-state index in [1.54, 1.807) is 0 Å². The molecule has 0 saturated heterocycles. The average Bonchev–Trinajstić information content (AvgIpc) is 3.31. The van der Waals surface area contributed by atoms with Gasteiger partial charge in [0.15, 0.2) is 0 Å². The van der Waals surface area contributed by atoms with Crippen LogP contribution in [0.25, 0.3) is 11.1 Å².